The fourth-order valence-electron chi connectivity index (χ4n) is 1.79. The zero-order chi connectivity index (χ0) is 15.2. The molecule has 3 N–H and O–H groups in total. The Labute approximate surface area is 128 Å². The van der Waals surface area contributed by atoms with Crippen molar-refractivity contribution in [2.45, 2.75) is 32.4 Å². The van der Waals surface area contributed by atoms with Crippen LogP contribution in [-0.4, -0.2) is 20.9 Å². The maximum Gasteiger partial charge on any atom is 0.226 e. The van der Waals surface area contributed by atoms with Crippen LogP contribution in [0.15, 0.2) is 30.5 Å². The summed E-state index contributed by atoms with van der Waals surface area (Å²) in [4.78, 5) is 11.9. The molecule has 2 aromatic rings. The van der Waals surface area contributed by atoms with Crippen LogP contribution in [0.5, 0.6) is 0 Å². The van der Waals surface area contributed by atoms with Gasteiger partial charge in [-0.25, -0.2) is 0 Å². The van der Waals surface area contributed by atoms with Crippen molar-refractivity contribution < 1.29 is 4.79 Å². The maximum atomic E-state index is 11.9. The fraction of sp³-hybridized carbons (Fsp3) is 0.357. The molecular weight excluding hydrogens is 290 g/mol. The smallest absolute Gasteiger partial charge is 0.226 e. The second-order valence-electron chi connectivity index (χ2n) is 4.70. The largest absolute Gasteiger partial charge is 0.325 e. The summed E-state index contributed by atoms with van der Waals surface area (Å²) in [7, 11) is 0. The normalized spacial score (nSPS) is 12.1. The Bertz CT molecular complexity index is 613. The summed E-state index contributed by atoms with van der Waals surface area (Å²) < 4.78 is 1.62. The number of halogens is 1. The number of nitrogens with zero attached hydrogens (tertiary/aromatic N) is 3. The molecule has 0 aliphatic carbocycles. The monoisotopic (exact) mass is 307 g/mol. The maximum absolute atomic E-state index is 11.9. The van der Waals surface area contributed by atoms with Crippen molar-refractivity contribution in [1.29, 1.82) is 0 Å². The van der Waals surface area contributed by atoms with E-state index < -0.39 is 0 Å². The molecule has 2 rings (SSSR count). The summed E-state index contributed by atoms with van der Waals surface area (Å²) in [6.45, 7) is 2.43. The lowest BCUT2D eigenvalue weighted by atomic mass is 10.2. The predicted octanol–water partition coefficient (Wildman–Crippen LogP) is 2.37. The van der Waals surface area contributed by atoms with Gasteiger partial charge in [0.15, 0.2) is 0 Å². The van der Waals surface area contributed by atoms with Gasteiger partial charge in [0.05, 0.1) is 35.2 Å². The Balaban J connectivity index is 1.87. The quantitative estimate of drug-likeness (QED) is 0.858. The standard InChI is InChI=1S/C14H18ClN5O/c1-2-11(16)13-9-20(19-18-13)8-7-14(21)17-12-6-4-3-5-10(12)15/h3-6,9,11H,2,7-8,16H2,1H3,(H,17,21). The molecule has 0 fully saturated rings. The van der Waals surface area contributed by atoms with Gasteiger partial charge in [0.25, 0.3) is 0 Å². The first-order valence-corrected chi connectivity index (χ1v) is 7.18. The fourth-order valence-corrected chi connectivity index (χ4v) is 1.98. The molecule has 21 heavy (non-hydrogen) atoms. The molecule has 0 aliphatic rings. The molecule has 112 valence electrons. The van der Waals surface area contributed by atoms with Crippen LogP contribution in [-0.2, 0) is 11.3 Å². The Kier molecular flexibility index (Phi) is 5.30. The molecule has 1 atom stereocenters. The number of aryl methyl sites for hydroxylation is 1. The van der Waals surface area contributed by atoms with Crippen molar-refractivity contribution in [1.82, 2.24) is 15.0 Å². The van der Waals surface area contributed by atoms with E-state index in [1.54, 1.807) is 23.0 Å². The summed E-state index contributed by atoms with van der Waals surface area (Å²) >= 11 is 5.98. The summed E-state index contributed by atoms with van der Waals surface area (Å²) in [6.07, 6.45) is 2.86. The van der Waals surface area contributed by atoms with Crippen molar-refractivity contribution in [3.8, 4) is 0 Å². The van der Waals surface area contributed by atoms with Gasteiger partial charge in [0.1, 0.15) is 0 Å². The Morgan fingerprint density at radius 3 is 2.95 bits per heavy atom. The molecule has 0 spiro atoms. The molecule has 1 aromatic carbocycles. The number of hydrogen-bond donors (Lipinski definition) is 2. The number of carbonyl (C=O) groups excluding carboxylic acids is 1. The number of aromatic nitrogens is 3. The van der Waals surface area contributed by atoms with Crippen molar-refractivity contribution in [3.05, 3.63) is 41.2 Å². The summed E-state index contributed by atoms with van der Waals surface area (Å²) in [5.74, 6) is -0.125. The molecule has 7 heteroatoms. The first-order chi connectivity index (χ1) is 10.1. The van der Waals surface area contributed by atoms with Gasteiger partial charge in [0, 0.05) is 6.42 Å². The molecule has 1 unspecified atom stereocenters. The summed E-state index contributed by atoms with van der Waals surface area (Å²) in [5.41, 5.74) is 7.22. The topological polar surface area (TPSA) is 85.8 Å². The third-order valence-electron chi connectivity index (χ3n) is 3.09. The number of rotatable bonds is 6. The van der Waals surface area contributed by atoms with Gasteiger partial charge in [-0.2, -0.15) is 0 Å². The van der Waals surface area contributed by atoms with Crippen LogP contribution in [0.1, 0.15) is 31.5 Å². The van der Waals surface area contributed by atoms with Crippen LogP contribution in [0.4, 0.5) is 5.69 Å². The van der Waals surface area contributed by atoms with Gasteiger partial charge in [-0.1, -0.05) is 35.9 Å². The molecule has 6 nitrogen and oxygen atoms in total. The first kappa shape index (κ1) is 15.5. The van der Waals surface area contributed by atoms with E-state index in [4.69, 9.17) is 17.3 Å². The molecule has 0 bridgehead atoms. The van der Waals surface area contributed by atoms with Crippen molar-refractivity contribution in [2.24, 2.45) is 5.73 Å². The second-order valence-corrected chi connectivity index (χ2v) is 5.11. The van der Waals surface area contributed by atoms with Crippen molar-refractivity contribution in [3.63, 3.8) is 0 Å². The minimum absolute atomic E-state index is 0.115. The highest BCUT2D eigenvalue weighted by molar-refractivity contribution is 6.33. The van der Waals surface area contributed by atoms with Crippen LogP contribution in [0.25, 0.3) is 0 Å². The number of carbonyl (C=O) groups is 1. The van der Waals surface area contributed by atoms with Gasteiger partial charge in [-0.15, -0.1) is 5.10 Å². The number of nitrogens with one attached hydrogen (secondary N) is 1. The van der Waals surface area contributed by atoms with E-state index >= 15 is 0 Å². The number of hydrogen-bond acceptors (Lipinski definition) is 4. The van der Waals surface area contributed by atoms with Gasteiger partial charge < -0.3 is 11.1 Å². The molecule has 0 saturated carbocycles. The van der Waals surface area contributed by atoms with E-state index in [-0.39, 0.29) is 18.4 Å². The minimum Gasteiger partial charge on any atom is -0.325 e. The molecular formula is C14H18ClN5O. The molecule has 0 radical (unpaired) electrons. The average molecular weight is 308 g/mol. The third-order valence-corrected chi connectivity index (χ3v) is 3.42. The van der Waals surface area contributed by atoms with E-state index in [0.29, 0.717) is 17.3 Å². The van der Waals surface area contributed by atoms with E-state index in [1.807, 2.05) is 19.1 Å². The molecule has 0 saturated heterocycles. The predicted molar refractivity (Wildman–Crippen MR) is 81.9 cm³/mol. The highest BCUT2D eigenvalue weighted by atomic mass is 35.5. The molecule has 0 aliphatic heterocycles. The Hall–Kier alpha value is -1.92. The number of para-hydroxylation sites is 1. The van der Waals surface area contributed by atoms with Crippen molar-refractivity contribution in [2.75, 3.05) is 5.32 Å². The number of anilines is 1. The van der Waals surface area contributed by atoms with Gasteiger partial charge in [-0.3, -0.25) is 9.48 Å². The van der Waals surface area contributed by atoms with Gasteiger partial charge in [0.2, 0.25) is 5.91 Å². The molecule has 1 heterocycles. The van der Waals surface area contributed by atoms with Crippen LogP contribution >= 0.6 is 11.6 Å². The molecule has 1 amide bonds. The zero-order valence-electron chi connectivity index (χ0n) is 11.8. The van der Waals surface area contributed by atoms with Crippen LogP contribution < -0.4 is 11.1 Å². The third kappa shape index (κ3) is 4.27. The minimum atomic E-state index is -0.125. The number of benzene rings is 1. The highest BCUT2D eigenvalue weighted by Crippen LogP contribution is 2.20. The SMILES string of the molecule is CCC(N)c1cn(CCC(=O)Nc2ccccc2Cl)nn1. The zero-order valence-corrected chi connectivity index (χ0v) is 12.5. The van der Waals surface area contributed by atoms with E-state index in [9.17, 15) is 4.79 Å². The van der Waals surface area contributed by atoms with E-state index in [2.05, 4.69) is 15.6 Å². The van der Waals surface area contributed by atoms with Crippen LogP contribution in [0, 0.1) is 0 Å². The Morgan fingerprint density at radius 1 is 1.48 bits per heavy atom. The summed E-state index contributed by atoms with van der Waals surface area (Å²) in [5, 5.41) is 11.2. The van der Waals surface area contributed by atoms with E-state index in [1.165, 1.54) is 0 Å². The molecule has 1 aromatic heterocycles. The Morgan fingerprint density at radius 2 is 2.24 bits per heavy atom. The summed E-state index contributed by atoms with van der Waals surface area (Å²) in [6, 6.07) is 7.00. The van der Waals surface area contributed by atoms with E-state index in [0.717, 1.165) is 12.1 Å². The highest BCUT2D eigenvalue weighted by Gasteiger charge is 2.10. The second kappa shape index (κ2) is 7.19. The lowest BCUT2D eigenvalue weighted by molar-refractivity contribution is -0.116. The number of amides is 1. The average Bonchev–Trinajstić information content (AvgIpc) is 2.96. The van der Waals surface area contributed by atoms with Gasteiger partial charge in [-0.05, 0) is 18.6 Å². The van der Waals surface area contributed by atoms with Gasteiger partial charge >= 0.3 is 0 Å². The van der Waals surface area contributed by atoms with Crippen molar-refractivity contribution >= 4 is 23.2 Å². The lowest BCUT2D eigenvalue weighted by Crippen LogP contribution is -2.15. The lowest BCUT2D eigenvalue weighted by Gasteiger charge is -2.06. The first-order valence-electron chi connectivity index (χ1n) is 6.80. The number of nitrogens with two attached hydrogens (primary N) is 1. The van der Waals surface area contributed by atoms with Crippen LogP contribution in [0.2, 0.25) is 5.02 Å². The van der Waals surface area contributed by atoms with Crippen LogP contribution in [0.3, 0.4) is 0 Å².